The minimum absolute atomic E-state index is 0.305. The summed E-state index contributed by atoms with van der Waals surface area (Å²) in [4.78, 5) is 11.1. The van der Waals surface area contributed by atoms with Gasteiger partial charge in [-0.15, -0.1) is 0 Å². The summed E-state index contributed by atoms with van der Waals surface area (Å²) in [5.74, 6) is 2.40. The number of anilines is 1. The van der Waals surface area contributed by atoms with Crippen LogP contribution in [0.5, 0.6) is 11.5 Å². The van der Waals surface area contributed by atoms with Gasteiger partial charge >= 0.3 is 0 Å². The van der Waals surface area contributed by atoms with Gasteiger partial charge in [-0.25, -0.2) is 9.97 Å². The summed E-state index contributed by atoms with van der Waals surface area (Å²) < 4.78 is 16.1. The molecule has 1 fully saturated rings. The van der Waals surface area contributed by atoms with Crippen LogP contribution in [-0.4, -0.2) is 43.1 Å². The lowest BCUT2D eigenvalue weighted by Gasteiger charge is -2.26. The number of rotatable bonds is 5. The van der Waals surface area contributed by atoms with Gasteiger partial charge in [0.05, 0.1) is 13.2 Å². The summed E-state index contributed by atoms with van der Waals surface area (Å²) in [5.41, 5.74) is 2.22. The second-order valence-corrected chi connectivity index (χ2v) is 5.78. The van der Waals surface area contributed by atoms with E-state index < -0.39 is 0 Å². The third-order valence-electron chi connectivity index (χ3n) is 4.08. The first-order valence-corrected chi connectivity index (χ1v) is 8.11. The molecule has 0 aliphatic carbocycles. The van der Waals surface area contributed by atoms with Crippen molar-refractivity contribution < 1.29 is 14.2 Å². The van der Waals surface area contributed by atoms with E-state index >= 15 is 0 Å². The average molecular weight is 328 g/mol. The molecule has 0 saturated carbocycles. The van der Waals surface area contributed by atoms with Gasteiger partial charge in [0.2, 0.25) is 12.7 Å². The molecular weight excluding hydrogens is 308 g/mol. The predicted molar refractivity (Wildman–Crippen MR) is 88.2 cm³/mol. The molecule has 1 aromatic heterocycles. The first-order valence-electron chi connectivity index (χ1n) is 8.11. The van der Waals surface area contributed by atoms with Gasteiger partial charge in [0.15, 0.2) is 11.5 Å². The maximum Gasteiger partial charge on any atom is 0.231 e. The monoisotopic (exact) mass is 328 g/mol. The molecule has 0 amide bonds. The van der Waals surface area contributed by atoms with Crippen molar-refractivity contribution in [1.82, 2.24) is 15.3 Å². The summed E-state index contributed by atoms with van der Waals surface area (Å²) in [6.45, 7) is 4.95. The number of hydrogen-bond acceptors (Lipinski definition) is 7. The van der Waals surface area contributed by atoms with Crippen molar-refractivity contribution >= 4 is 5.95 Å². The third-order valence-corrected chi connectivity index (χ3v) is 4.08. The normalized spacial score (nSPS) is 16.4. The van der Waals surface area contributed by atoms with E-state index in [0.717, 1.165) is 68.0 Å². The van der Waals surface area contributed by atoms with Crippen LogP contribution >= 0.6 is 0 Å². The number of nitrogens with one attached hydrogen (secondary N) is 1. The highest BCUT2D eigenvalue weighted by molar-refractivity contribution is 5.44. The molecule has 4 rings (SSSR count). The highest BCUT2D eigenvalue weighted by Crippen LogP contribution is 2.32. The Morgan fingerprint density at radius 2 is 1.71 bits per heavy atom. The van der Waals surface area contributed by atoms with E-state index in [9.17, 15) is 0 Å². The van der Waals surface area contributed by atoms with E-state index in [1.807, 2.05) is 30.6 Å². The summed E-state index contributed by atoms with van der Waals surface area (Å²) in [7, 11) is 0. The molecule has 3 heterocycles. The highest BCUT2D eigenvalue weighted by atomic mass is 16.7. The smallest absolute Gasteiger partial charge is 0.231 e. The Labute approximate surface area is 140 Å². The SMILES string of the molecule is c1cc2c(cc1CNCc1cnc(N3CCOCC3)nc1)OCO2. The Balaban J connectivity index is 1.29. The molecule has 1 saturated heterocycles. The van der Waals surface area contributed by atoms with Gasteiger partial charge in [-0.05, 0) is 17.7 Å². The maximum atomic E-state index is 5.39. The number of aromatic nitrogens is 2. The Morgan fingerprint density at radius 3 is 2.54 bits per heavy atom. The van der Waals surface area contributed by atoms with E-state index in [4.69, 9.17) is 14.2 Å². The van der Waals surface area contributed by atoms with Gasteiger partial charge in [0.25, 0.3) is 0 Å². The second kappa shape index (κ2) is 7.02. The molecule has 0 atom stereocenters. The van der Waals surface area contributed by atoms with E-state index in [1.165, 1.54) is 0 Å². The Bertz CT molecular complexity index is 687. The standard InChI is InChI=1S/C17H20N4O3/c1-2-15-16(24-12-23-15)7-13(1)8-18-9-14-10-19-17(20-11-14)21-3-5-22-6-4-21/h1-2,7,10-11,18H,3-6,8-9,12H2. The summed E-state index contributed by atoms with van der Waals surface area (Å²) >= 11 is 0. The Kier molecular flexibility index (Phi) is 4.44. The van der Waals surface area contributed by atoms with Crippen molar-refractivity contribution in [3.05, 3.63) is 41.7 Å². The molecule has 7 heteroatoms. The third kappa shape index (κ3) is 3.42. The van der Waals surface area contributed by atoms with Crippen molar-refractivity contribution in [1.29, 1.82) is 0 Å². The molecule has 126 valence electrons. The number of benzene rings is 1. The number of morpholine rings is 1. The number of fused-ring (bicyclic) bond motifs is 1. The maximum absolute atomic E-state index is 5.39. The molecule has 0 unspecified atom stereocenters. The van der Waals surface area contributed by atoms with E-state index in [-0.39, 0.29) is 0 Å². The van der Waals surface area contributed by atoms with Crippen LogP contribution in [0.1, 0.15) is 11.1 Å². The van der Waals surface area contributed by atoms with Crippen LogP contribution in [0.4, 0.5) is 5.95 Å². The zero-order valence-electron chi connectivity index (χ0n) is 13.4. The van der Waals surface area contributed by atoms with Crippen LogP contribution in [0.15, 0.2) is 30.6 Å². The second-order valence-electron chi connectivity index (χ2n) is 5.78. The van der Waals surface area contributed by atoms with Gasteiger partial charge in [-0.2, -0.15) is 0 Å². The molecule has 24 heavy (non-hydrogen) atoms. The van der Waals surface area contributed by atoms with Crippen LogP contribution in [0.3, 0.4) is 0 Å². The molecule has 2 aliphatic rings. The zero-order valence-corrected chi connectivity index (χ0v) is 13.4. The summed E-state index contributed by atoms with van der Waals surface area (Å²) in [6.07, 6.45) is 3.76. The van der Waals surface area contributed by atoms with Crippen LogP contribution < -0.4 is 19.7 Å². The fourth-order valence-corrected chi connectivity index (χ4v) is 2.77. The average Bonchev–Trinajstić information content (AvgIpc) is 3.11. The van der Waals surface area contributed by atoms with Crippen LogP contribution in [-0.2, 0) is 17.8 Å². The van der Waals surface area contributed by atoms with Crippen LogP contribution in [0.2, 0.25) is 0 Å². The fourth-order valence-electron chi connectivity index (χ4n) is 2.77. The predicted octanol–water partition coefficient (Wildman–Crippen LogP) is 1.33. The van der Waals surface area contributed by atoms with Gasteiger partial charge in [0, 0.05) is 44.1 Å². The van der Waals surface area contributed by atoms with Gasteiger partial charge in [-0.3, -0.25) is 0 Å². The molecule has 2 aliphatic heterocycles. The lowest BCUT2D eigenvalue weighted by atomic mass is 10.2. The molecular formula is C17H20N4O3. The topological polar surface area (TPSA) is 68.7 Å². The molecule has 2 aromatic rings. The fraction of sp³-hybridized carbons (Fsp3) is 0.412. The molecule has 0 spiro atoms. The zero-order chi connectivity index (χ0) is 16.2. The molecule has 7 nitrogen and oxygen atoms in total. The molecule has 0 radical (unpaired) electrons. The number of hydrogen-bond donors (Lipinski definition) is 1. The van der Waals surface area contributed by atoms with Gasteiger partial charge in [-0.1, -0.05) is 6.07 Å². The van der Waals surface area contributed by atoms with Crippen molar-refractivity contribution in [2.45, 2.75) is 13.1 Å². The van der Waals surface area contributed by atoms with E-state index in [2.05, 4.69) is 20.2 Å². The van der Waals surface area contributed by atoms with Crippen molar-refractivity contribution in [3.63, 3.8) is 0 Å². The Hall–Kier alpha value is -2.38. The first kappa shape index (κ1) is 15.2. The molecule has 0 bridgehead atoms. The summed E-state index contributed by atoms with van der Waals surface area (Å²) in [5, 5.41) is 3.40. The van der Waals surface area contributed by atoms with E-state index in [0.29, 0.717) is 6.79 Å². The van der Waals surface area contributed by atoms with Gasteiger partial charge in [0.1, 0.15) is 0 Å². The minimum Gasteiger partial charge on any atom is -0.454 e. The quantitative estimate of drug-likeness (QED) is 0.888. The molecule has 1 N–H and O–H groups in total. The van der Waals surface area contributed by atoms with Crippen molar-refractivity contribution in [3.8, 4) is 11.5 Å². The lowest BCUT2D eigenvalue weighted by Crippen LogP contribution is -2.37. The minimum atomic E-state index is 0.305. The summed E-state index contributed by atoms with van der Waals surface area (Å²) in [6, 6.07) is 5.99. The van der Waals surface area contributed by atoms with Crippen LogP contribution in [0.25, 0.3) is 0 Å². The number of ether oxygens (including phenoxy) is 3. The number of nitrogens with zero attached hydrogens (tertiary/aromatic N) is 3. The highest BCUT2D eigenvalue weighted by Gasteiger charge is 2.14. The van der Waals surface area contributed by atoms with Crippen molar-refractivity contribution in [2.24, 2.45) is 0 Å². The van der Waals surface area contributed by atoms with Crippen LogP contribution in [0, 0.1) is 0 Å². The Morgan fingerprint density at radius 1 is 0.958 bits per heavy atom. The first-order chi connectivity index (χ1) is 11.9. The molecule has 1 aromatic carbocycles. The lowest BCUT2D eigenvalue weighted by molar-refractivity contribution is 0.122. The van der Waals surface area contributed by atoms with Crippen molar-refractivity contribution in [2.75, 3.05) is 38.0 Å². The van der Waals surface area contributed by atoms with Gasteiger partial charge < -0.3 is 24.4 Å². The van der Waals surface area contributed by atoms with E-state index in [1.54, 1.807) is 0 Å². The largest absolute Gasteiger partial charge is 0.454 e.